The first-order valence-corrected chi connectivity index (χ1v) is 6.77. The van der Waals surface area contributed by atoms with Gasteiger partial charge in [-0.3, -0.25) is 4.98 Å². The highest BCUT2D eigenvalue weighted by atomic mass is 35.5. The van der Waals surface area contributed by atoms with Gasteiger partial charge in [0, 0.05) is 34.1 Å². The van der Waals surface area contributed by atoms with Gasteiger partial charge in [-0.1, -0.05) is 32.0 Å². The molecule has 1 N–H and O–H groups in total. The third-order valence-corrected chi connectivity index (χ3v) is 4.87. The van der Waals surface area contributed by atoms with Gasteiger partial charge in [-0.2, -0.15) is 0 Å². The lowest BCUT2D eigenvalue weighted by atomic mass is 9.66. The summed E-state index contributed by atoms with van der Waals surface area (Å²) in [4.78, 5) is 4.38. The Kier molecular flexibility index (Phi) is 2.70. The first kappa shape index (κ1) is 11.8. The summed E-state index contributed by atoms with van der Waals surface area (Å²) in [6, 6.07) is 10.7. The van der Waals surface area contributed by atoms with E-state index in [2.05, 4.69) is 30.2 Å². The molecule has 2 atom stereocenters. The monoisotopic (exact) mass is 260 g/mol. The van der Waals surface area contributed by atoms with Gasteiger partial charge in [0.15, 0.2) is 0 Å². The van der Waals surface area contributed by atoms with Crippen LogP contribution in [-0.2, 0) is 0 Å². The molecule has 0 spiro atoms. The summed E-state index contributed by atoms with van der Waals surface area (Å²) in [6.07, 6.45) is 2.87. The molecule has 3 rings (SSSR count). The summed E-state index contributed by atoms with van der Waals surface area (Å²) >= 11 is 6.27. The van der Waals surface area contributed by atoms with Crippen LogP contribution in [-0.4, -0.2) is 16.4 Å². The second kappa shape index (κ2) is 4.13. The largest absolute Gasteiger partial charge is 0.381 e. The van der Waals surface area contributed by atoms with E-state index in [9.17, 15) is 0 Å². The number of fused-ring (bicyclic) bond motifs is 1. The normalized spacial score (nSPS) is 25.7. The molecular formula is C15H17ClN2. The van der Waals surface area contributed by atoms with Crippen molar-refractivity contribution in [3.63, 3.8) is 0 Å². The molecule has 2 nitrogen and oxygen atoms in total. The summed E-state index contributed by atoms with van der Waals surface area (Å²) in [5.74, 6) is 0. The number of halogens is 1. The van der Waals surface area contributed by atoms with Crippen LogP contribution in [0.2, 0.25) is 0 Å². The van der Waals surface area contributed by atoms with Gasteiger partial charge in [0.1, 0.15) is 0 Å². The molecule has 1 aromatic heterocycles. The minimum atomic E-state index is 0.145. The SMILES string of the molecule is CC1(C)C(Cl)CC1Nc1ccnc2ccccc12. The zero-order chi connectivity index (χ0) is 12.8. The third kappa shape index (κ3) is 1.76. The van der Waals surface area contributed by atoms with Crippen molar-refractivity contribution >= 4 is 28.2 Å². The van der Waals surface area contributed by atoms with Crippen molar-refractivity contribution in [2.24, 2.45) is 5.41 Å². The van der Waals surface area contributed by atoms with E-state index in [0.29, 0.717) is 6.04 Å². The number of hydrogen-bond donors (Lipinski definition) is 1. The summed E-state index contributed by atoms with van der Waals surface area (Å²) in [5.41, 5.74) is 2.33. The number of aromatic nitrogens is 1. The van der Waals surface area contributed by atoms with Crippen LogP contribution in [0, 0.1) is 5.41 Å². The first-order valence-electron chi connectivity index (χ1n) is 6.33. The van der Waals surface area contributed by atoms with E-state index in [4.69, 9.17) is 11.6 Å². The van der Waals surface area contributed by atoms with Crippen LogP contribution in [0.4, 0.5) is 5.69 Å². The van der Waals surface area contributed by atoms with E-state index in [1.165, 1.54) is 5.39 Å². The lowest BCUT2D eigenvalue weighted by Crippen LogP contribution is -2.54. The van der Waals surface area contributed by atoms with Crippen molar-refractivity contribution < 1.29 is 0 Å². The molecule has 1 saturated carbocycles. The molecule has 94 valence electrons. The van der Waals surface area contributed by atoms with Gasteiger partial charge in [0.05, 0.1) is 5.52 Å². The van der Waals surface area contributed by atoms with Crippen LogP contribution < -0.4 is 5.32 Å². The van der Waals surface area contributed by atoms with Crippen molar-refractivity contribution in [1.82, 2.24) is 4.98 Å². The first-order chi connectivity index (χ1) is 8.59. The fourth-order valence-electron chi connectivity index (χ4n) is 2.53. The van der Waals surface area contributed by atoms with Crippen LogP contribution in [0.15, 0.2) is 36.5 Å². The number of alkyl halides is 1. The molecule has 0 bridgehead atoms. The average molecular weight is 261 g/mol. The van der Waals surface area contributed by atoms with E-state index in [-0.39, 0.29) is 10.8 Å². The maximum atomic E-state index is 6.27. The molecule has 0 aliphatic heterocycles. The highest BCUT2D eigenvalue weighted by Gasteiger charge is 2.47. The third-order valence-electron chi connectivity index (χ3n) is 4.13. The summed E-state index contributed by atoms with van der Waals surface area (Å²) in [7, 11) is 0. The number of pyridine rings is 1. The predicted molar refractivity (Wildman–Crippen MR) is 77.2 cm³/mol. The molecule has 1 aliphatic carbocycles. The fraction of sp³-hybridized carbons (Fsp3) is 0.400. The van der Waals surface area contributed by atoms with Crippen molar-refractivity contribution in [3.8, 4) is 0 Å². The van der Waals surface area contributed by atoms with Crippen LogP contribution >= 0.6 is 11.6 Å². The number of rotatable bonds is 2. The molecule has 3 heteroatoms. The molecule has 0 amide bonds. The smallest absolute Gasteiger partial charge is 0.0722 e. The number of nitrogens with one attached hydrogen (secondary N) is 1. The average Bonchev–Trinajstić information content (AvgIpc) is 2.39. The minimum Gasteiger partial charge on any atom is -0.381 e. The van der Waals surface area contributed by atoms with Crippen molar-refractivity contribution in [2.45, 2.75) is 31.7 Å². The maximum absolute atomic E-state index is 6.27. The number of anilines is 1. The second-order valence-corrected chi connectivity index (χ2v) is 6.12. The number of para-hydroxylation sites is 1. The molecule has 2 unspecified atom stereocenters. The molecule has 0 radical (unpaired) electrons. The number of hydrogen-bond acceptors (Lipinski definition) is 2. The lowest BCUT2D eigenvalue weighted by Gasteiger charge is -2.49. The van der Waals surface area contributed by atoms with Crippen molar-refractivity contribution in [2.75, 3.05) is 5.32 Å². The molecule has 1 aromatic carbocycles. The molecule has 18 heavy (non-hydrogen) atoms. The van der Waals surface area contributed by atoms with Gasteiger partial charge >= 0.3 is 0 Å². The Morgan fingerprint density at radius 3 is 2.78 bits per heavy atom. The van der Waals surface area contributed by atoms with Crippen LogP contribution in [0.5, 0.6) is 0 Å². The summed E-state index contributed by atoms with van der Waals surface area (Å²) in [6.45, 7) is 4.43. The van der Waals surface area contributed by atoms with E-state index < -0.39 is 0 Å². The van der Waals surface area contributed by atoms with Crippen molar-refractivity contribution in [1.29, 1.82) is 0 Å². The van der Waals surface area contributed by atoms with Gasteiger partial charge in [-0.15, -0.1) is 11.6 Å². The minimum absolute atomic E-state index is 0.145. The molecule has 0 saturated heterocycles. The van der Waals surface area contributed by atoms with Crippen LogP contribution in [0.25, 0.3) is 10.9 Å². The van der Waals surface area contributed by atoms with E-state index in [0.717, 1.165) is 17.6 Å². The maximum Gasteiger partial charge on any atom is 0.0722 e. The van der Waals surface area contributed by atoms with Crippen molar-refractivity contribution in [3.05, 3.63) is 36.5 Å². The lowest BCUT2D eigenvalue weighted by molar-refractivity contribution is 0.168. The summed E-state index contributed by atoms with van der Waals surface area (Å²) in [5, 5.41) is 5.06. The van der Waals surface area contributed by atoms with Crippen LogP contribution in [0.1, 0.15) is 20.3 Å². The molecule has 2 aromatic rings. The Balaban J connectivity index is 1.92. The predicted octanol–water partition coefficient (Wildman–Crippen LogP) is 4.05. The molecular weight excluding hydrogens is 244 g/mol. The van der Waals surface area contributed by atoms with Crippen LogP contribution in [0.3, 0.4) is 0 Å². The number of benzene rings is 1. The second-order valence-electron chi connectivity index (χ2n) is 5.60. The van der Waals surface area contributed by atoms with Gasteiger partial charge in [-0.25, -0.2) is 0 Å². The Morgan fingerprint density at radius 1 is 1.28 bits per heavy atom. The van der Waals surface area contributed by atoms with E-state index in [1.807, 2.05) is 30.5 Å². The Morgan fingerprint density at radius 2 is 2.06 bits per heavy atom. The number of nitrogens with zero attached hydrogens (tertiary/aromatic N) is 1. The standard InChI is InChI=1S/C15H17ClN2/c1-15(2)13(16)9-14(15)18-12-7-8-17-11-6-4-3-5-10(11)12/h3-8,13-14H,9H2,1-2H3,(H,17,18). The highest BCUT2D eigenvalue weighted by Crippen LogP contribution is 2.46. The van der Waals surface area contributed by atoms with Gasteiger partial charge in [-0.05, 0) is 18.6 Å². The zero-order valence-electron chi connectivity index (χ0n) is 10.7. The van der Waals surface area contributed by atoms with Gasteiger partial charge in [0.25, 0.3) is 0 Å². The van der Waals surface area contributed by atoms with Gasteiger partial charge in [0.2, 0.25) is 0 Å². The molecule has 1 fully saturated rings. The highest BCUT2D eigenvalue weighted by molar-refractivity contribution is 6.22. The summed E-state index contributed by atoms with van der Waals surface area (Å²) < 4.78 is 0. The molecule has 1 aliphatic rings. The van der Waals surface area contributed by atoms with E-state index in [1.54, 1.807) is 0 Å². The Hall–Kier alpha value is -1.28. The van der Waals surface area contributed by atoms with E-state index >= 15 is 0 Å². The topological polar surface area (TPSA) is 24.9 Å². The van der Waals surface area contributed by atoms with Gasteiger partial charge < -0.3 is 5.32 Å². The Bertz CT molecular complexity index is 574. The Labute approximate surface area is 112 Å². The quantitative estimate of drug-likeness (QED) is 0.824. The molecule has 1 heterocycles. The zero-order valence-corrected chi connectivity index (χ0v) is 11.4. The fourth-order valence-corrected chi connectivity index (χ4v) is 2.86.